The number of aliphatic carboxylic acids is 1. The van der Waals surface area contributed by atoms with Crippen LogP contribution in [0, 0.1) is 11.3 Å². The number of carboxylic acids is 1. The van der Waals surface area contributed by atoms with Crippen molar-refractivity contribution < 1.29 is 9.90 Å². The van der Waals surface area contributed by atoms with Crippen molar-refractivity contribution in [3.63, 3.8) is 0 Å². The van der Waals surface area contributed by atoms with E-state index in [1.807, 2.05) is 7.05 Å². The third-order valence-electron chi connectivity index (χ3n) is 3.86. The lowest BCUT2D eigenvalue weighted by Crippen LogP contribution is -2.38. The predicted octanol–water partition coefficient (Wildman–Crippen LogP) is 2.86. The second-order valence-electron chi connectivity index (χ2n) is 5.00. The maximum Gasteiger partial charge on any atom is 0.307 e. The van der Waals surface area contributed by atoms with Crippen molar-refractivity contribution >= 4 is 5.97 Å². The summed E-state index contributed by atoms with van der Waals surface area (Å²) in [5.74, 6) is -0.991. The maximum atomic E-state index is 10.8. The van der Waals surface area contributed by atoms with E-state index in [0.717, 1.165) is 25.8 Å². The van der Waals surface area contributed by atoms with Crippen LogP contribution in [0.15, 0.2) is 0 Å². The summed E-state index contributed by atoms with van der Waals surface area (Å²) in [6.07, 6.45) is 3.48. The minimum absolute atomic E-state index is 0.284. The normalized spacial score (nSPS) is 14.1. The number of rotatable bonds is 8. The zero-order valence-corrected chi connectivity index (χ0v) is 11.4. The Hall–Kier alpha value is -0.570. The zero-order chi connectivity index (χ0) is 12.8. The molecule has 1 N–H and O–H groups in total. The predicted molar refractivity (Wildman–Crippen MR) is 67.6 cm³/mol. The molecule has 0 aliphatic rings. The van der Waals surface area contributed by atoms with Crippen LogP contribution in [-0.4, -0.2) is 36.1 Å². The van der Waals surface area contributed by atoms with E-state index in [1.54, 1.807) is 6.92 Å². The molecule has 0 spiro atoms. The topological polar surface area (TPSA) is 40.5 Å². The van der Waals surface area contributed by atoms with Crippen LogP contribution in [0.1, 0.15) is 47.0 Å². The number of carboxylic acid groups (broad SMARTS) is 1. The average molecular weight is 229 g/mol. The minimum Gasteiger partial charge on any atom is -0.481 e. The van der Waals surface area contributed by atoms with Gasteiger partial charge in [0.05, 0.1) is 5.92 Å². The average Bonchev–Trinajstić information content (AvgIpc) is 2.26. The van der Waals surface area contributed by atoms with Gasteiger partial charge in [-0.05, 0) is 31.7 Å². The van der Waals surface area contributed by atoms with Gasteiger partial charge in [-0.15, -0.1) is 0 Å². The van der Waals surface area contributed by atoms with Crippen LogP contribution in [0.2, 0.25) is 0 Å². The van der Waals surface area contributed by atoms with E-state index < -0.39 is 5.97 Å². The van der Waals surface area contributed by atoms with Crippen LogP contribution >= 0.6 is 0 Å². The first-order chi connectivity index (χ1) is 7.40. The Balaban J connectivity index is 4.30. The van der Waals surface area contributed by atoms with E-state index in [2.05, 4.69) is 25.7 Å². The highest BCUT2D eigenvalue weighted by atomic mass is 16.4. The summed E-state index contributed by atoms with van der Waals surface area (Å²) < 4.78 is 0. The van der Waals surface area contributed by atoms with Crippen molar-refractivity contribution in [1.82, 2.24) is 4.90 Å². The zero-order valence-electron chi connectivity index (χ0n) is 11.4. The molecule has 0 radical (unpaired) electrons. The van der Waals surface area contributed by atoms with Gasteiger partial charge in [0.25, 0.3) is 0 Å². The molecule has 0 rings (SSSR count). The highest BCUT2D eigenvalue weighted by Gasteiger charge is 2.26. The highest BCUT2D eigenvalue weighted by Crippen LogP contribution is 2.31. The standard InChI is InChI=1S/C13H27NO2/c1-6-13(7-2,8-3)10-14(5)9-11(4)12(15)16/h11H,6-10H2,1-5H3,(H,15,16). The van der Waals surface area contributed by atoms with Gasteiger partial charge in [-0.25, -0.2) is 0 Å². The molecule has 96 valence electrons. The summed E-state index contributed by atoms with van der Waals surface area (Å²) in [6.45, 7) is 10.1. The molecule has 16 heavy (non-hydrogen) atoms. The van der Waals surface area contributed by atoms with Crippen molar-refractivity contribution in [2.24, 2.45) is 11.3 Å². The molecule has 3 nitrogen and oxygen atoms in total. The lowest BCUT2D eigenvalue weighted by atomic mass is 9.79. The first-order valence-electron chi connectivity index (χ1n) is 6.32. The van der Waals surface area contributed by atoms with Crippen LogP contribution in [-0.2, 0) is 4.79 Å². The summed E-state index contributed by atoms with van der Waals surface area (Å²) in [7, 11) is 2.02. The molecule has 0 aromatic rings. The Morgan fingerprint density at radius 2 is 1.69 bits per heavy atom. The smallest absolute Gasteiger partial charge is 0.307 e. The number of hydrogen-bond acceptors (Lipinski definition) is 2. The SMILES string of the molecule is CCC(CC)(CC)CN(C)CC(C)C(=O)O. The van der Waals surface area contributed by atoms with Gasteiger partial charge in [0.15, 0.2) is 0 Å². The monoisotopic (exact) mass is 229 g/mol. The second kappa shape index (κ2) is 6.89. The summed E-state index contributed by atoms with van der Waals surface area (Å²) in [6, 6.07) is 0. The fraction of sp³-hybridized carbons (Fsp3) is 0.923. The third kappa shape index (κ3) is 4.52. The molecular formula is C13H27NO2. The lowest BCUT2D eigenvalue weighted by Gasteiger charge is -2.35. The van der Waals surface area contributed by atoms with E-state index in [1.165, 1.54) is 0 Å². The first kappa shape index (κ1) is 15.4. The summed E-state index contributed by atoms with van der Waals surface area (Å²) in [5.41, 5.74) is 0.354. The van der Waals surface area contributed by atoms with Crippen molar-refractivity contribution in [2.75, 3.05) is 20.1 Å². The van der Waals surface area contributed by atoms with Gasteiger partial charge in [0.2, 0.25) is 0 Å². The second-order valence-corrected chi connectivity index (χ2v) is 5.00. The van der Waals surface area contributed by atoms with E-state index in [-0.39, 0.29) is 5.92 Å². The molecular weight excluding hydrogens is 202 g/mol. The maximum absolute atomic E-state index is 10.8. The van der Waals surface area contributed by atoms with E-state index >= 15 is 0 Å². The number of hydrogen-bond donors (Lipinski definition) is 1. The van der Waals surface area contributed by atoms with Gasteiger partial charge in [-0.1, -0.05) is 27.7 Å². The fourth-order valence-electron chi connectivity index (χ4n) is 2.27. The fourth-order valence-corrected chi connectivity index (χ4v) is 2.27. The molecule has 0 saturated heterocycles. The molecule has 0 bridgehead atoms. The summed E-state index contributed by atoms with van der Waals surface area (Å²) in [5, 5.41) is 8.87. The van der Waals surface area contributed by atoms with E-state index in [0.29, 0.717) is 12.0 Å². The Kier molecular flexibility index (Phi) is 6.65. The van der Waals surface area contributed by atoms with Crippen LogP contribution < -0.4 is 0 Å². The van der Waals surface area contributed by atoms with Gasteiger partial charge >= 0.3 is 5.97 Å². The van der Waals surface area contributed by atoms with E-state index in [9.17, 15) is 4.79 Å². The largest absolute Gasteiger partial charge is 0.481 e. The quantitative estimate of drug-likeness (QED) is 0.695. The van der Waals surface area contributed by atoms with Gasteiger partial charge in [-0.3, -0.25) is 4.79 Å². The van der Waals surface area contributed by atoms with Crippen LogP contribution in [0.25, 0.3) is 0 Å². The van der Waals surface area contributed by atoms with Crippen molar-refractivity contribution in [3.05, 3.63) is 0 Å². The number of nitrogens with zero attached hydrogens (tertiary/aromatic N) is 1. The van der Waals surface area contributed by atoms with Crippen molar-refractivity contribution in [3.8, 4) is 0 Å². The van der Waals surface area contributed by atoms with Crippen LogP contribution in [0.5, 0.6) is 0 Å². The van der Waals surface area contributed by atoms with Gasteiger partial charge in [-0.2, -0.15) is 0 Å². The minimum atomic E-state index is -0.707. The molecule has 0 fully saturated rings. The molecule has 0 amide bonds. The molecule has 1 atom stereocenters. The Morgan fingerprint density at radius 1 is 1.25 bits per heavy atom. The molecule has 3 heteroatoms. The molecule has 0 aliphatic carbocycles. The van der Waals surface area contributed by atoms with Crippen molar-refractivity contribution in [1.29, 1.82) is 0 Å². The van der Waals surface area contributed by atoms with Gasteiger partial charge in [0.1, 0.15) is 0 Å². The van der Waals surface area contributed by atoms with Crippen molar-refractivity contribution in [2.45, 2.75) is 47.0 Å². The van der Waals surface area contributed by atoms with Gasteiger partial charge < -0.3 is 10.0 Å². The molecule has 0 heterocycles. The Labute approximate surface area is 99.8 Å². The Bertz CT molecular complexity index is 204. The van der Waals surface area contributed by atoms with E-state index in [4.69, 9.17) is 5.11 Å². The third-order valence-corrected chi connectivity index (χ3v) is 3.86. The Morgan fingerprint density at radius 3 is 2.00 bits per heavy atom. The molecule has 0 aromatic carbocycles. The molecule has 0 aliphatic heterocycles. The first-order valence-corrected chi connectivity index (χ1v) is 6.32. The van der Waals surface area contributed by atoms with Gasteiger partial charge in [0, 0.05) is 13.1 Å². The molecule has 0 saturated carbocycles. The van der Waals surface area contributed by atoms with Crippen LogP contribution in [0.3, 0.4) is 0 Å². The molecule has 0 aromatic heterocycles. The number of carbonyl (C=O) groups is 1. The van der Waals surface area contributed by atoms with Crippen LogP contribution in [0.4, 0.5) is 0 Å². The summed E-state index contributed by atoms with van der Waals surface area (Å²) >= 11 is 0. The summed E-state index contributed by atoms with van der Waals surface area (Å²) in [4.78, 5) is 12.9. The molecule has 1 unspecified atom stereocenters. The lowest BCUT2D eigenvalue weighted by molar-refractivity contribution is -0.141. The highest BCUT2D eigenvalue weighted by molar-refractivity contribution is 5.69.